The first-order valence-corrected chi connectivity index (χ1v) is 11.1. The summed E-state index contributed by atoms with van der Waals surface area (Å²) in [6.45, 7) is 2.94. The van der Waals surface area contributed by atoms with E-state index in [0.717, 1.165) is 43.1 Å². The summed E-state index contributed by atoms with van der Waals surface area (Å²) in [5, 5.41) is 6.41. The third-order valence-electron chi connectivity index (χ3n) is 6.58. The smallest absolute Gasteiger partial charge is 0.142 e. The predicted octanol–water partition coefficient (Wildman–Crippen LogP) is 6.85. The zero-order valence-corrected chi connectivity index (χ0v) is 17.7. The van der Waals surface area contributed by atoms with E-state index in [1.165, 1.54) is 21.9 Å². The van der Waals surface area contributed by atoms with Gasteiger partial charge in [-0.05, 0) is 47.2 Å². The molecule has 154 valence electrons. The highest BCUT2D eigenvalue weighted by Crippen LogP contribution is 2.54. The summed E-state index contributed by atoms with van der Waals surface area (Å²) < 4.78 is 12.1. The first kappa shape index (κ1) is 19.0. The SMILES string of the molecule is CCCCOc1cccc2c1NC(c1c(OC)ccc3ccccc13)C1CC=CC21. The quantitative estimate of drug-likeness (QED) is 0.363. The molecule has 1 N–H and O–H groups in total. The van der Waals surface area contributed by atoms with E-state index in [1.807, 2.05) is 0 Å². The second-order valence-electron chi connectivity index (χ2n) is 8.30. The Labute approximate surface area is 178 Å². The number of rotatable bonds is 6. The van der Waals surface area contributed by atoms with Gasteiger partial charge in [-0.25, -0.2) is 0 Å². The lowest BCUT2D eigenvalue weighted by molar-refractivity contribution is 0.307. The molecule has 1 aliphatic heterocycles. The van der Waals surface area contributed by atoms with Gasteiger partial charge in [0.05, 0.1) is 25.4 Å². The molecule has 0 amide bonds. The monoisotopic (exact) mass is 399 g/mol. The number of anilines is 1. The summed E-state index contributed by atoms with van der Waals surface area (Å²) >= 11 is 0. The van der Waals surface area contributed by atoms with E-state index in [2.05, 4.69) is 79.0 Å². The Morgan fingerprint density at radius 2 is 1.90 bits per heavy atom. The Bertz CT molecular complexity index is 1090. The standard InChI is InChI=1S/C27H29NO2/c1-3-4-17-30-24-14-8-13-21-20-11-7-12-22(20)27(28-26(21)24)25-19-10-6-5-9-18(19)15-16-23(25)29-2/h5-11,13-16,20,22,27-28H,3-4,12,17H2,1-2H3. The lowest BCUT2D eigenvalue weighted by Gasteiger charge is -2.39. The number of hydrogen-bond acceptors (Lipinski definition) is 3. The van der Waals surface area contributed by atoms with Crippen LogP contribution in [-0.2, 0) is 0 Å². The average Bonchev–Trinajstić information content (AvgIpc) is 3.28. The summed E-state index contributed by atoms with van der Waals surface area (Å²) in [5.41, 5.74) is 3.74. The summed E-state index contributed by atoms with van der Waals surface area (Å²) in [5.74, 6) is 2.77. The second-order valence-corrected chi connectivity index (χ2v) is 8.30. The van der Waals surface area contributed by atoms with E-state index in [9.17, 15) is 0 Å². The van der Waals surface area contributed by atoms with Crippen LogP contribution in [0.3, 0.4) is 0 Å². The Morgan fingerprint density at radius 1 is 1.00 bits per heavy atom. The number of fused-ring (bicyclic) bond motifs is 4. The van der Waals surface area contributed by atoms with Crippen molar-refractivity contribution >= 4 is 16.5 Å². The molecule has 0 radical (unpaired) electrons. The number of hydrogen-bond donors (Lipinski definition) is 1. The van der Waals surface area contributed by atoms with E-state index in [4.69, 9.17) is 9.47 Å². The van der Waals surface area contributed by atoms with Gasteiger partial charge in [0, 0.05) is 11.5 Å². The average molecular weight is 400 g/mol. The minimum Gasteiger partial charge on any atom is -0.496 e. The van der Waals surface area contributed by atoms with Gasteiger partial charge in [-0.3, -0.25) is 0 Å². The predicted molar refractivity (Wildman–Crippen MR) is 124 cm³/mol. The number of unbranched alkanes of at least 4 members (excludes halogenated alkanes) is 1. The molecule has 3 nitrogen and oxygen atoms in total. The molecule has 3 aromatic rings. The molecular formula is C27H29NO2. The van der Waals surface area contributed by atoms with E-state index >= 15 is 0 Å². The molecule has 0 fully saturated rings. The molecule has 0 spiro atoms. The zero-order chi connectivity index (χ0) is 20.5. The zero-order valence-electron chi connectivity index (χ0n) is 17.7. The molecule has 1 heterocycles. The topological polar surface area (TPSA) is 30.5 Å². The van der Waals surface area contributed by atoms with Crippen LogP contribution >= 0.6 is 0 Å². The Kier molecular flexibility index (Phi) is 5.12. The third-order valence-corrected chi connectivity index (χ3v) is 6.58. The van der Waals surface area contributed by atoms with E-state index in [1.54, 1.807) is 7.11 Å². The molecule has 1 aliphatic carbocycles. The minimum absolute atomic E-state index is 0.162. The highest BCUT2D eigenvalue weighted by Gasteiger charge is 2.40. The Hall–Kier alpha value is -2.94. The minimum atomic E-state index is 0.162. The maximum absolute atomic E-state index is 6.20. The van der Waals surface area contributed by atoms with Crippen LogP contribution in [0.5, 0.6) is 11.5 Å². The summed E-state index contributed by atoms with van der Waals surface area (Å²) in [7, 11) is 1.77. The highest BCUT2D eigenvalue weighted by molar-refractivity contribution is 5.89. The number of nitrogens with one attached hydrogen (secondary N) is 1. The second kappa shape index (κ2) is 8.06. The number of allylic oxidation sites excluding steroid dienone is 2. The Morgan fingerprint density at radius 3 is 2.77 bits per heavy atom. The molecule has 0 saturated carbocycles. The Balaban J connectivity index is 1.64. The molecule has 2 aliphatic rings. The van der Waals surface area contributed by atoms with Crippen molar-refractivity contribution in [2.24, 2.45) is 5.92 Å². The molecule has 3 heteroatoms. The van der Waals surface area contributed by atoms with Crippen LogP contribution in [0.1, 0.15) is 49.3 Å². The van der Waals surface area contributed by atoms with Gasteiger partial charge in [-0.1, -0.05) is 68.0 Å². The molecule has 3 unspecified atom stereocenters. The van der Waals surface area contributed by atoms with Gasteiger partial charge in [-0.2, -0.15) is 0 Å². The number of para-hydroxylation sites is 1. The van der Waals surface area contributed by atoms with Crippen LogP contribution in [0.2, 0.25) is 0 Å². The lowest BCUT2D eigenvalue weighted by Crippen LogP contribution is -2.30. The molecule has 0 saturated heterocycles. The van der Waals surface area contributed by atoms with Gasteiger partial charge in [0.15, 0.2) is 0 Å². The molecule has 3 atom stereocenters. The van der Waals surface area contributed by atoms with Gasteiger partial charge >= 0.3 is 0 Å². The number of methoxy groups -OCH3 is 1. The van der Waals surface area contributed by atoms with Crippen LogP contribution in [0, 0.1) is 5.92 Å². The number of ether oxygens (including phenoxy) is 2. The normalized spacial score (nSPS) is 21.7. The molecule has 0 bridgehead atoms. The van der Waals surface area contributed by atoms with Gasteiger partial charge in [0.1, 0.15) is 11.5 Å². The fraction of sp³-hybridized carbons (Fsp3) is 0.333. The van der Waals surface area contributed by atoms with Crippen LogP contribution in [0.25, 0.3) is 10.8 Å². The van der Waals surface area contributed by atoms with Crippen molar-refractivity contribution in [1.82, 2.24) is 0 Å². The number of benzene rings is 3. The summed E-state index contributed by atoms with van der Waals surface area (Å²) in [6, 6.07) is 19.5. The van der Waals surface area contributed by atoms with Gasteiger partial charge in [-0.15, -0.1) is 0 Å². The maximum atomic E-state index is 6.20. The largest absolute Gasteiger partial charge is 0.496 e. The van der Waals surface area contributed by atoms with Crippen LogP contribution in [0.4, 0.5) is 5.69 Å². The fourth-order valence-corrected chi connectivity index (χ4v) is 5.10. The van der Waals surface area contributed by atoms with Crippen molar-refractivity contribution in [3.8, 4) is 11.5 Å². The van der Waals surface area contributed by atoms with Crippen molar-refractivity contribution in [3.05, 3.63) is 77.9 Å². The molecule has 30 heavy (non-hydrogen) atoms. The van der Waals surface area contributed by atoms with Gasteiger partial charge in [0.2, 0.25) is 0 Å². The van der Waals surface area contributed by atoms with Crippen molar-refractivity contribution in [1.29, 1.82) is 0 Å². The maximum Gasteiger partial charge on any atom is 0.142 e. The van der Waals surface area contributed by atoms with Crippen molar-refractivity contribution in [2.75, 3.05) is 19.0 Å². The van der Waals surface area contributed by atoms with E-state index in [0.29, 0.717) is 11.8 Å². The molecule has 5 rings (SSSR count). The first-order chi connectivity index (χ1) is 14.8. The van der Waals surface area contributed by atoms with Gasteiger partial charge in [0.25, 0.3) is 0 Å². The van der Waals surface area contributed by atoms with Crippen LogP contribution < -0.4 is 14.8 Å². The highest BCUT2D eigenvalue weighted by atomic mass is 16.5. The van der Waals surface area contributed by atoms with Crippen molar-refractivity contribution in [2.45, 2.75) is 38.1 Å². The van der Waals surface area contributed by atoms with Crippen LogP contribution in [0.15, 0.2) is 66.7 Å². The molecule has 0 aromatic heterocycles. The summed E-state index contributed by atoms with van der Waals surface area (Å²) in [4.78, 5) is 0. The molecular weight excluding hydrogens is 370 g/mol. The fourth-order valence-electron chi connectivity index (χ4n) is 5.10. The van der Waals surface area contributed by atoms with Crippen molar-refractivity contribution < 1.29 is 9.47 Å². The first-order valence-electron chi connectivity index (χ1n) is 11.1. The lowest BCUT2D eigenvalue weighted by atomic mass is 9.75. The van der Waals surface area contributed by atoms with E-state index < -0.39 is 0 Å². The third kappa shape index (κ3) is 3.13. The van der Waals surface area contributed by atoms with Gasteiger partial charge < -0.3 is 14.8 Å². The van der Waals surface area contributed by atoms with Crippen molar-refractivity contribution in [3.63, 3.8) is 0 Å². The molecule has 3 aromatic carbocycles. The van der Waals surface area contributed by atoms with E-state index in [-0.39, 0.29) is 6.04 Å². The van der Waals surface area contributed by atoms with Crippen LogP contribution in [-0.4, -0.2) is 13.7 Å². The summed E-state index contributed by atoms with van der Waals surface area (Å²) in [6.07, 6.45) is 7.98.